The van der Waals surface area contributed by atoms with Gasteiger partial charge in [0.1, 0.15) is 5.82 Å². The summed E-state index contributed by atoms with van der Waals surface area (Å²) in [6.45, 7) is 2.15. The Balaban J connectivity index is 1.92. The molecule has 0 radical (unpaired) electrons. The lowest BCUT2D eigenvalue weighted by Gasteiger charge is -2.23. The molecule has 1 aromatic heterocycles. The van der Waals surface area contributed by atoms with E-state index in [1.54, 1.807) is 0 Å². The van der Waals surface area contributed by atoms with Gasteiger partial charge in [0.25, 0.3) is 0 Å². The average molecular weight is 271 g/mol. The van der Waals surface area contributed by atoms with Crippen LogP contribution in [0.15, 0.2) is 0 Å². The molecule has 0 amide bonds. The van der Waals surface area contributed by atoms with Gasteiger partial charge in [0.05, 0.1) is 18.2 Å². The second kappa shape index (κ2) is 4.55. The minimum Gasteiger partial charge on any atom is -0.481 e. The zero-order valence-electron chi connectivity index (χ0n) is 9.93. The predicted octanol–water partition coefficient (Wildman–Crippen LogP) is 1.69. The van der Waals surface area contributed by atoms with E-state index < -0.39 is 5.97 Å². The van der Waals surface area contributed by atoms with Crippen molar-refractivity contribution in [3.63, 3.8) is 0 Å². The molecule has 0 saturated carbocycles. The lowest BCUT2D eigenvalue weighted by molar-refractivity contribution is -0.142. The maximum Gasteiger partial charge on any atom is 0.306 e. The Morgan fingerprint density at radius 1 is 1.50 bits per heavy atom. The minimum atomic E-state index is -0.746. The van der Waals surface area contributed by atoms with Crippen LogP contribution in [0.25, 0.3) is 0 Å². The van der Waals surface area contributed by atoms with Crippen LogP contribution in [-0.2, 0) is 22.5 Å². The summed E-state index contributed by atoms with van der Waals surface area (Å²) < 4.78 is 7.48. The summed E-state index contributed by atoms with van der Waals surface area (Å²) in [6, 6.07) is 0. The number of rotatable bonds is 2. The number of imidazole rings is 1. The maximum absolute atomic E-state index is 11.0. The van der Waals surface area contributed by atoms with Crippen LogP contribution in [0.4, 0.5) is 0 Å². The average Bonchev–Trinajstić information content (AvgIpc) is 2.97. The third-order valence-electron chi connectivity index (χ3n) is 3.84. The largest absolute Gasteiger partial charge is 0.481 e. The molecule has 0 aliphatic carbocycles. The van der Waals surface area contributed by atoms with E-state index in [9.17, 15) is 4.79 Å². The lowest BCUT2D eigenvalue weighted by Crippen LogP contribution is -2.26. The Morgan fingerprint density at radius 3 is 3.00 bits per heavy atom. The highest BCUT2D eigenvalue weighted by atomic mass is 35.5. The standard InChI is InChI=1S/C12H15ClN2O3/c13-10-9-5-7(12(16)17)1-3-15(9)11(14-10)8-2-4-18-6-8/h7-8H,1-6H2,(H,16,17). The summed E-state index contributed by atoms with van der Waals surface area (Å²) >= 11 is 6.15. The molecule has 18 heavy (non-hydrogen) atoms. The molecule has 0 spiro atoms. The van der Waals surface area contributed by atoms with Gasteiger partial charge < -0.3 is 14.4 Å². The molecule has 6 heteroatoms. The van der Waals surface area contributed by atoms with E-state index in [0.29, 0.717) is 37.1 Å². The molecule has 5 nitrogen and oxygen atoms in total. The van der Waals surface area contributed by atoms with Crippen LogP contribution in [0.1, 0.15) is 30.3 Å². The molecule has 1 fully saturated rings. The molecular weight excluding hydrogens is 256 g/mol. The van der Waals surface area contributed by atoms with Crippen LogP contribution >= 0.6 is 11.6 Å². The molecule has 2 aliphatic heterocycles. The summed E-state index contributed by atoms with van der Waals surface area (Å²) in [7, 11) is 0. The third-order valence-corrected chi connectivity index (χ3v) is 4.14. The number of halogens is 1. The van der Waals surface area contributed by atoms with Crippen LogP contribution < -0.4 is 0 Å². The van der Waals surface area contributed by atoms with E-state index in [2.05, 4.69) is 9.55 Å². The van der Waals surface area contributed by atoms with E-state index >= 15 is 0 Å². The Bertz CT molecular complexity index is 480. The molecule has 0 aromatic carbocycles. The van der Waals surface area contributed by atoms with E-state index in [1.165, 1.54) is 0 Å². The Labute approximate surface area is 110 Å². The molecule has 2 aliphatic rings. The number of aromatic nitrogens is 2. The normalized spacial score (nSPS) is 27.2. The number of fused-ring (bicyclic) bond motifs is 1. The first-order valence-electron chi connectivity index (χ1n) is 6.22. The zero-order chi connectivity index (χ0) is 12.7. The minimum absolute atomic E-state index is 0.303. The van der Waals surface area contributed by atoms with Gasteiger partial charge >= 0.3 is 5.97 Å². The van der Waals surface area contributed by atoms with Crippen molar-refractivity contribution < 1.29 is 14.6 Å². The molecule has 2 atom stereocenters. The van der Waals surface area contributed by atoms with Gasteiger partial charge in [-0.25, -0.2) is 4.98 Å². The second-order valence-electron chi connectivity index (χ2n) is 4.95. The monoisotopic (exact) mass is 270 g/mol. The van der Waals surface area contributed by atoms with Crippen molar-refractivity contribution in [3.8, 4) is 0 Å². The van der Waals surface area contributed by atoms with E-state index in [1.807, 2.05) is 0 Å². The molecule has 1 aromatic rings. The van der Waals surface area contributed by atoms with Crippen molar-refractivity contribution in [1.29, 1.82) is 0 Å². The quantitative estimate of drug-likeness (QED) is 0.888. The number of carbonyl (C=O) groups is 1. The number of hydrogen-bond donors (Lipinski definition) is 1. The van der Waals surface area contributed by atoms with Crippen molar-refractivity contribution >= 4 is 17.6 Å². The van der Waals surface area contributed by atoms with E-state index in [4.69, 9.17) is 21.4 Å². The van der Waals surface area contributed by atoms with Gasteiger partial charge in [-0.3, -0.25) is 4.79 Å². The van der Waals surface area contributed by atoms with Crippen LogP contribution in [0, 0.1) is 5.92 Å². The van der Waals surface area contributed by atoms with Crippen LogP contribution in [0.5, 0.6) is 0 Å². The van der Waals surface area contributed by atoms with Gasteiger partial charge in [0.2, 0.25) is 0 Å². The lowest BCUT2D eigenvalue weighted by atomic mass is 9.96. The van der Waals surface area contributed by atoms with Crippen molar-refractivity contribution in [2.75, 3.05) is 13.2 Å². The topological polar surface area (TPSA) is 64.3 Å². The SMILES string of the molecule is O=C(O)C1CCn2c(C3CCOC3)nc(Cl)c2C1. The summed E-state index contributed by atoms with van der Waals surface area (Å²) in [6.07, 6.45) is 2.10. The summed E-state index contributed by atoms with van der Waals surface area (Å²) in [5, 5.41) is 9.54. The summed E-state index contributed by atoms with van der Waals surface area (Å²) in [5.74, 6) is 0.192. The summed E-state index contributed by atoms with van der Waals surface area (Å²) in [5.41, 5.74) is 0.872. The molecular formula is C12H15ClN2O3. The first kappa shape index (κ1) is 12.0. The molecule has 98 valence electrons. The fourth-order valence-corrected chi connectivity index (χ4v) is 3.07. The van der Waals surface area contributed by atoms with Gasteiger partial charge in [-0.05, 0) is 12.8 Å². The molecule has 0 bridgehead atoms. The van der Waals surface area contributed by atoms with E-state index in [-0.39, 0.29) is 5.92 Å². The van der Waals surface area contributed by atoms with Crippen LogP contribution in [-0.4, -0.2) is 33.8 Å². The van der Waals surface area contributed by atoms with E-state index in [0.717, 1.165) is 24.5 Å². The molecule has 2 unspecified atom stereocenters. The number of ether oxygens (including phenoxy) is 1. The number of hydrogen-bond acceptors (Lipinski definition) is 3. The smallest absolute Gasteiger partial charge is 0.306 e. The highest BCUT2D eigenvalue weighted by Gasteiger charge is 2.32. The van der Waals surface area contributed by atoms with Crippen LogP contribution in [0.3, 0.4) is 0 Å². The molecule has 1 N–H and O–H groups in total. The third kappa shape index (κ3) is 1.91. The number of carboxylic acid groups (broad SMARTS) is 1. The molecule has 3 heterocycles. The van der Waals surface area contributed by atoms with Crippen molar-refractivity contribution in [2.24, 2.45) is 5.92 Å². The molecule has 3 rings (SSSR count). The van der Waals surface area contributed by atoms with Gasteiger partial charge in [0, 0.05) is 25.5 Å². The molecule has 1 saturated heterocycles. The Kier molecular flexibility index (Phi) is 3.03. The van der Waals surface area contributed by atoms with Crippen LogP contribution in [0.2, 0.25) is 5.15 Å². The van der Waals surface area contributed by atoms with Crippen molar-refractivity contribution in [3.05, 3.63) is 16.7 Å². The fraction of sp³-hybridized carbons (Fsp3) is 0.667. The maximum atomic E-state index is 11.0. The first-order chi connectivity index (χ1) is 8.66. The van der Waals surface area contributed by atoms with Gasteiger partial charge in [-0.2, -0.15) is 0 Å². The van der Waals surface area contributed by atoms with Gasteiger partial charge in [0.15, 0.2) is 5.15 Å². The Hall–Kier alpha value is -1.07. The summed E-state index contributed by atoms with van der Waals surface area (Å²) in [4.78, 5) is 15.5. The Morgan fingerprint density at radius 2 is 2.33 bits per heavy atom. The van der Waals surface area contributed by atoms with Gasteiger partial charge in [-0.1, -0.05) is 11.6 Å². The number of carboxylic acids is 1. The van der Waals surface area contributed by atoms with Gasteiger partial charge in [-0.15, -0.1) is 0 Å². The highest BCUT2D eigenvalue weighted by Crippen LogP contribution is 2.33. The zero-order valence-corrected chi connectivity index (χ0v) is 10.7. The highest BCUT2D eigenvalue weighted by molar-refractivity contribution is 6.30. The van der Waals surface area contributed by atoms with Crippen molar-refractivity contribution in [2.45, 2.75) is 31.7 Å². The predicted molar refractivity (Wildman–Crippen MR) is 64.9 cm³/mol. The number of aliphatic carboxylic acids is 1. The van der Waals surface area contributed by atoms with Crippen molar-refractivity contribution in [1.82, 2.24) is 9.55 Å². The first-order valence-corrected chi connectivity index (χ1v) is 6.60. The fourth-order valence-electron chi connectivity index (χ4n) is 2.80. The number of nitrogens with zero attached hydrogens (tertiary/aromatic N) is 2. The second-order valence-corrected chi connectivity index (χ2v) is 5.31.